The second-order valence-electron chi connectivity index (χ2n) is 6.02. The number of hydrogen-bond acceptors (Lipinski definition) is 3. The number of ether oxygens (including phenoxy) is 1. The standard InChI is InChI=1S/C18H16Cl4N2O2/c19-12-3-1-11(2-4-12)18(5-7-26-8-6-18)17(25)24-23-16-14(21)9-13(20)10-15(16)22/h1-4,9-10,23H,5-8H2,(H,24,25). The number of benzene rings is 2. The summed E-state index contributed by atoms with van der Waals surface area (Å²) in [5, 5.41) is 1.67. The summed E-state index contributed by atoms with van der Waals surface area (Å²) in [5.41, 5.74) is 6.12. The van der Waals surface area contributed by atoms with Crippen molar-refractivity contribution in [3.8, 4) is 0 Å². The van der Waals surface area contributed by atoms with Crippen molar-refractivity contribution in [3.05, 3.63) is 62.1 Å². The highest BCUT2D eigenvalue weighted by molar-refractivity contribution is 6.41. The molecule has 0 unspecified atom stereocenters. The highest BCUT2D eigenvalue weighted by atomic mass is 35.5. The number of halogens is 4. The lowest BCUT2D eigenvalue weighted by Gasteiger charge is -2.36. The second kappa shape index (κ2) is 8.24. The van der Waals surface area contributed by atoms with E-state index in [2.05, 4.69) is 10.9 Å². The summed E-state index contributed by atoms with van der Waals surface area (Å²) in [6.07, 6.45) is 1.12. The van der Waals surface area contributed by atoms with Crippen LogP contribution in [0, 0.1) is 0 Å². The average molecular weight is 434 g/mol. The van der Waals surface area contributed by atoms with E-state index in [1.54, 1.807) is 24.3 Å². The fourth-order valence-corrected chi connectivity index (χ4v) is 4.07. The van der Waals surface area contributed by atoms with Crippen LogP contribution in [-0.4, -0.2) is 19.1 Å². The van der Waals surface area contributed by atoms with Crippen molar-refractivity contribution in [2.75, 3.05) is 18.6 Å². The Morgan fingerprint density at radius 2 is 1.50 bits per heavy atom. The number of rotatable bonds is 4. The van der Waals surface area contributed by atoms with Crippen LogP contribution in [0.2, 0.25) is 20.1 Å². The second-order valence-corrected chi connectivity index (χ2v) is 7.71. The van der Waals surface area contributed by atoms with Crippen LogP contribution in [0.3, 0.4) is 0 Å². The van der Waals surface area contributed by atoms with E-state index < -0.39 is 5.41 Å². The van der Waals surface area contributed by atoms with Crippen molar-refractivity contribution >= 4 is 58.0 Å². The SMILES string of the molecule is O=C(NNc1c(Cl)cc(Cl)cc1Cl)C1(c2ccc(Cl)cc2)CCOCC1. The van der Waals surface area contributed by atoms with Crippen LogP contribution in [-0.2, 0) is 14.9 Å². The number of anilines is 1. The lowest BCUT2D eigenvalue weighted by Crippen LogP contribution is -2.49. The van der Waals surface area contributed by atoms with Crippen molar-refractivity contribution in [1.29, 1.82) is 0 Å². The van der Waals surface area contributed by atoms with E-state index in [1.165, 1.54) is 0 Å². The summed E-state index contributed by atoms with van der Waals surface area (Å²) in [7, 11) is 0. The van der Waals surface area contributed by atoms with Gasteiger partial charge in [0.1, 0.15) is 0 Å². The Labute approximate surface area is 171 Å². The summed E-state index contributed by atoms with van der Waals surface area (Å²) in [6.45, 7) is 0.997. The highest BCUT2D eigenvalue weighted by Crippen LogP contribution is 2.37. The van der Waals surface area contributed by atoms with Crippen LogP contribution < -0.4 is 10.9 Å². The van der Waals surface area contributed by atoms with E-state index in [1.807, 2.05) is 12.1 Å². The number of amides is 1. The van der Waals surface area contributed by atoms with E-state index in [0.29, 0.717) is 51.8 Å². The van der Waals surface area contributed by atoms with Crippen molar-refractivity contribution in [2.45, 2.75) is 18.3 Å². The molecule has 0 atom stereocenters. The van der Waals surface area contributed by atoms with E-state index in [-0.39, 0.29) is 5.91 Å². The molecule has 138 valence electrons. The molecular weight excluding hydrogens is 418 g/mol. The van der Waals surface area contributed by atoms with E-state index >= 15 is 0 Å². The molecule has 26 heavy (non-hydrogen) atoms. The number of carbonyl (C=O) groups excluding carboxylic acids is 1. The van der Waals surface area contributed by atoms with Crippen LogP contribution >= 0.6 is 46.4 Å². The largest absolute Gasteiger partial charge is 0.381 e. The highest BCUT2D eigenvalue weighted by Gasteiger charge is 2.41. The molecule has 1 fully saturated rings. The first-order valence-corrected chi connectivity index (χ1v) is 9.48. The molecule has 0 spiro atoms. The molecule has 0 radical (unpaired) electrons. The van der Waals surface area contributed by atoms with Gasteiger partial charge in [-0.2, -0.15) is 0 Å². The molecule has 2 aromatic rings. The first-order chi connectivity index (χ1) is 12.4. The zero-order valence-electron chi connectivity index (χ0n) is 13.6. The van der Waals surface area contributed by atoms with Gasteiger partial charge in [0.15, 0.2) is 0 Å². The molecule has 1 saturated heterocycles. The third-order valence-electron chi connectivity index (χ3n) is 4.49. The van der Waals surface area contributed by atoms with Crippen LogP contribution in [0.1, 0.15) is 18.4 Å². The molecule has 0 saturated carbocycles. The quantitative estimate of drug-likeness (QED) is 0.626. The summed E-state index contributed by atoms with van der Waals surface area (Å²) >= 11 is 24.2. The minimum absolute atomic E-state index is 0.190. The third kappa shape index (κ3) is 4.05. The van der Waals surface area contributed by atoms with Gasteiger partial charge in [0.2, 0.25) is 5.91 Å². The molecule has 4 nitrogen and oxygen atoms in total. The lowest BCUT2D eigenvalue weighted by atomic mass is 9.73. The van der Waals surface area contributed by atoms with Gasteiger partial charge in [-0.1, -0.05) is 58.5 Å². The Bertz CT molecular complexity index is 782. The van der Waals surface area contributed by atoms with E-state index in [0.717, 1.165) is 5.56 Å². The first-order valence-electron chi connectivity index (χ1n) is 7.97. The van der Waals surface area contributed by atoms with Crippen molar-refractivity contribution < 1.29 is 9.53 Å². The van der Waals surface area contributed by atoms with Gasteiger partial charge < -0.3 is 4.74 Å². The summed E-state index contributed by atoms with van der Waals surface area (Å²) < 4.78 is 5.45. The fourth-order valence-electron chi connectivity index (χ4n) is 3.04. The molecule has 1 heterocycles. The normalized spacial score (nSPS) is 16.2. The maximum atomic E-state index is 13.1. The molecule has 0 bridgehead atoms. The average Bonchev–Trinajstić information content (AvgIpc) is 2.61. The van der Waals surface area contributed by atoms with Gasteiger partial charge in [-0.3, -0.25) is 15.6 Å². The van der Waals surface area contributed by atoms with Gasteiger partial charge in [0.05, 0.1) is 21.1 Å². The molecule has 0 aromatic heterocycles. The maximum Gasteiger partial charge on any atom is 0.249 e. The Morgan fingerprint density at radius 3 is 2.08 bits per heavy atom. The molecule has 1 amide bonds. The number of hydrazine groups is 1. The third-order valence-corrected chi connectivity index (χ3v) is 5.55. The predicted octanol–water partition coefficient (Wildman–Crippen LogP) is 5.49. The van der Waals surface area contributed by atoms with Crippen molar-refractivity contribution in [2.24, 2.45) is 0 Å². The molecule has 2 N–H and O–H groups in total. The molecule has 1 aliphatic rings. The van der Waals surface area contributed by atoms with Crippen LogP contribution in [0.15, 0.2) is 36.4 Å². The fraction of sp³-hybridized carbons (Fsp3) is 0.278. The summed E-state index contributed by atoms with van der Waals surface area (Å²) in [5.74, 6) is -0.190. The van der Waals surface area contributed by atoms with Gasteiger partial charge in [-0.15, -0.1) is 0 Å². The first kappa shape index (κ1) is 19.6. The topological polar surface area (TPSA) is 50.4 Å². The Kier molecular flexibility index (Phi) is 6.21. The molecule has 2 aromatic carbocycles. The number of nitrogens with one attached hydrogen (secondary N) is 2. The van der Waals surface area contributed by atoms with Crippen LogP contribution in [0.4, 0.5) is 5.69 Å². The van der Waals surface area contributed by atoms with Gasteiger partial charge in [-0.05, 0) is 42.7 Å². The van der Waals surface area contributed by atoms with Crippen LogP contribution in [0.5, 0.6) is 0 Å². The monoisotopic (exact) mass is 432 g/mol. The maximum absolute atomic E-state index is 13.1. The number of hydrogen-bond donors (Lipinski definition) is 2. The Hall–Kier alpha value is -1.17. The van der Waals surface area contributed by atoms with E-state index in [9.17, 15) is 4.79 Å². The molecule has 3 rings (SSSR count). The van der Waals surface area contributed by atoms with Crippen LogP contribution in [0.25, 0.3) is 0 Å². The van der Waals surface area contributed by atoms with Gasteiger partial charge in [-0.25, -0.2) is 0 Å². The van der Waals surface area contributed by atoms with E-state index in [4.69, 9.17) is 51.1 Å². The zero-order valence-corrected chi connectivity index (χ0v) is 16.6. The minimum atomic E-state index is -0.721. The van der Waals surface area contributed by atoms with Gasteiger partial charge in [0.25, 0.3) is 0 Å². The molecule has 8 heteroatoms. The van der Waals surface area contributed by atoms with Crippen molar-refractivity contribution in [1.82, 2.24) is 5.43 Å². The predicted molar refractivity (Wildman–Crippen MR) is 106 cm³/mol. The Morgan fingerprint density at radius 1 is 0.923 bits per heavy atom. The van der Waals surface area contributed by atoms with Gasteiger partial charge in [0, 0.05) is 23.3 Å². The summed E-state index contributed by atoms with van der Waals surface area (Å²) in [4.78, 5) is 13.1. The lowest BCUT2D eigenvalue weighted by molar-refractivity contribution is -0.129. The number of carbonyl (C=O) groups is 1. The molecule has 1 aliphatic heterocycles. The Balaban J connectivity index is 1.84. The zero-order chi connectivity index (χ0) is 18.7. The minimum Gasteiger partial charge on any atom is -0.381 e. The molecular formula is C18H16Cl4N2O2. The van der Waals surface area contributed by atoms with Crippen molar-refractivity contribution in [3.63, 3.8) is 0 Å². The van der Waals surface area contributed by atoms with Gasteiger partial charge >= 0.3 is 0 Å². The summed E-state index contributed by atoms with van der Waals surface area (Å²) in [6, 6.07) is 10.4. The smallest absolute Gasteiger partial charge is 0.249 e. The molecule has 0 aliphatic carbocycles.